The van der Waals surface area contributed by atoms with Crippen molar-refractivity contribution in [3.63, 3.8) is 0 Å². The summed E-state index contributed by atoms with van der Waals surface area (Å²) in [4.78, 5) is 25.9. The second-order valence-electron chi connectivity index (χ2n) is 7.11. The Bertz CT molecular complexity index is 982. The minimum Gasteiger partial charge on any atom is -0.493 e. The van der Waals surface area contributed by atoms with Crippen LogP contribution in [-0.2, 0) is 9.53 Å². The van der Waals surface area contributed by atoms with Gasteiger partial charge in [0.2, 0.25) is 0 Å². The van der Waals surface area contributed by atoms with Crippen LogP contribution in [0.5, 0.6) is 5.75 Å². The zero-order valence-electron chi connectivity index (χ0n) is 17.9. The molecule has 0 spiro atoms. The Morgan fingerprint density at radius 3 is 2.47 bits per heavy atom. The number of hydrogen-bond donors (Lipinski definition) is 1. The number of rotatable bonds is 8. The van der Waals surface area contributed by atoms with Gasteiger partial charge in [0.05, 0.1) is 18.8 Å². The molecule has 0 bridgehead atoms. The van der Waals surface area contributed by atoms with Crippen molar-refractivity contribution in [1.82, 2.24) is 0 Å². The van der Waals surface area contributed by atoms with Gasteiger partial charge in [0, 0.05) is 4.88 Å². The zero-order valence-corrected chi connectivity index (χ0v) is 18.7. The van der Waals surface area contributed by atoms with Crippen molar-refractivity contribution in [3.8, 4) is 11.8 Å². The van der Waals surface area contributed by atoms with Gasteiger partial charge < -0.3 is 14.8 Å². The number of nitriles is 1. The first kappa shape index (κ1) is 23.2. The highest BCUT2D eigenvalue weighted by Crippen LogP contribution is 2.33. The molecular formula is C23H26N2O4S. The van der Waals surface area contributed by atoms with Crippen molar-refractivity contribution >= 4 is 34.3 Å². The van der Waals surface area contributed by atoms with Crippen LogP contribution in [0.3, 0.4) is 0 Å². The second kappa shape index (κ2) is 10.6. The number of nitrogens with zero attached hydrogens (tertiary/aromatic N) is 1. The summed E-state index contributed by atoms with van der Waals surface area (Å²) in [5.74, 6) is 0.0773. The molecule has 0 radical (unpaired) electrons. The smallest absolute Gasteiger partial charge is 0.341 e. The molecule has 1 aromatic heterocycles. The van der Waals surface area contributed by atoms with Crippen LogP contribution in [0.4, 0.5) is 5.00 Å². The number of benzene rings is 1. The number of thiophene rings is 1. The van der Waals surface area contributed by atoms with Crippen LogP contribution in [-0.4, -0.2) is 25.1 Å². The fourth-order valence-corrected chi connectivity index (χ4v) is 3.62. The summed E-state index contributed by atoms with van der Waals surface area (Å²) in [7, 11) is 0. The van der Waals surface area contributed by atoms with Crippen molar-refractivity contribution in [1.29, 1.82) is 5.26 Å². The molecule has 7 heteroatoms. The molecule has 2 aromatic rings. The molecule has 0 aliphatic rings. The number of ether oxygens (including phenoxy) is 2. The first-order chi connectivity index (χ1) is 14.3. The molecule has 0 fully saturated rings. The van der Waals surface area contributed by atoms with E-state index in [1.807, 2.05) is 13.0 Å². The van der Waals surface area contributed by atoms with Crippen molar-refractivity contribution < 1.29 is 19.1 Å². The minimum absolute atomic E-state index is 0.0654. The van der Waals surface area contributed by atoms with Gasteiger partial charge in [-0.3, -0.25) is 4.79 Å². The molecule has 0 saturated heterocycles. The SMILES string of the molecule is CCOC(=O)c1c(NC(=O)/C(C#N)=C\c2ccc(OCC(C)C)cc2)sc(C)c1C. The molecule has 1 amide bonds. The summed E-state index contributed by atoms with van der Waals surface area (Å²) >= 11 is 1.28. The lowest BCUT2D eigenvalue weighted by molar-refractivity contribution is -0.112. The highest BCUT2D eigenvalue weighted by Gasteiger charge is 2.23. The van der Waals surface area contributed by atoms with Crippen LogP contribution in [0.2, 0.25) is 0 Å². The van der Waals surface area contributed by atoms with Crippen molar-refractivity contribution in [2.45, 2.75) is 34.6 Å². The Hall–Kier alpha value is -3.11. The maximum atomic E-state index is 12.7. The Kier molecular flexibility index (Phi) is 8.19. The lowest BCUT2D eigenvalue weighted by Gasteiger charge is -2.09. The van der Waals surface area contributed by atoms with E-state index in [9.17, 15) is 14.9 Å². The van der Waals surface area contributed by atoms with Gasteiger partial charge in [0.25, 0.3) is 5.91 Å². The molecule has 1 heterocycles. The Morgan fingerprint density at radius 1 is 1.23 bits per heavy atom. The molecule has 158 valence electrons. The number of aryl methyl sites for hydroxylation is 1. The molecule has 30 heavy (non-hydrogen) atoms. The fraction of sp³-hybridized carbons (Fsp3) is 0.348. The molecule has 0 aliphatic carbocycles. The van der Waals surface area contributed by atoms with E-state index in [0.717, 1.165) is 16.2 Å². The van der Waals surface area contributed by atoms with E-state index in [-0.39, 0.29) is 12.2 Å². The van der Waals surface area contributed by atoms with Crippen LogP contribution < -0.4 is 10.1 Å². The van der Waals surface area contributed by atoms with Gasteiger partial charge in [-0.05, 0) is 56.0 Å². The molecule has 6 nitrogen and oxygen atoms in total. The Labute approximate surface area is 181 Å². The quantitative estimate of drug-likeness (QED) is 0.359. The van der Waals surface area contributed by atoms with E-state index in [4.69, 9.17) is 9.47 Å². The number of anilines is 1. The number of amides is 1. The Morgan fingerprint density at radius 2 is 1.90 bits per heavy atom. The molecule has 0 aliphatic heterocycles. The standard InChI is InChI=1S/C23H26N2O4S/c1-6-28-23(27)20-15(4)16(5)30-22(20)25-21(26)18(12-24)11-17-7-9-19(10-8-17)29-13-14(2)3/h7-11,14H,6,13H2,1-5H3,(H,25,26)/b18-11-. The molecule has 1 aromatic carbocycles. The van der Waals surface area contributed by atoms with Crippen LogP contribution in [0, 0.1) is 31.1 Å². The predicted molar refractivity (Wildman–Crippen MR) is 119 cm³/mol. The lowest BCUT2D eigenvalue weighted by Crippen LogP contribution is -2.16. The first-order valence-corrected chi connectivity index (χ1v) is 10.5. The molecule has 2 rings (SSSR count). The van der Waals surface area contributed by atoms with Crippen molar-refractivity contribution in [3.05, 3.63) is 51.4 Å². The summed E-state index contributed by atoms with van der Waals surface area (Å²) in [5, 5.41) is 12.5. The topological polar surface area (TPSA) is 88.4 Å². The third-order valence-corrected chi connectivity index (χ3v) is 5.35. The Balaban J connectivity index is 2.20. The van der Waals surface area contributed by atoms with Gasteiger partial charge in [0.15, 0.2) is 0 Å². The number of nitrogens with one attached hydrogen (secondary N) is 1. The molecule has 0 atom stereocenters. The van der Waals surface area contributed by atoms with E-state index >= 15 is 0 Å². The van der Waals surface area contributed by atoms with Crippen molar-refractivity contribution in [2.24, 2.45) is 5.92 Å². The van der Waals surface area contributed by atoms with Gasteiger partial charge in [-0.2, -0.15) is 5.26 Å². The fourth-order valence-electron chi connectivity index (χ4n) is 2.57. The van der Waals surface area contributed by atoms with Gasteiger partial charge in [-0.15, -0.1) is 11.3 Å². The molecule has 0 saturated carbocycles. The number of carbonyl (C=O) groups is 2. The predicted octanol–water partition coefficient (Wildman–Crippen LogP) is 5.12. The number of hydrogen-bond acceptors (Lipinski definition) is 6. The van der Waals surface area contributed by atoms with E-state index in [1.165, 1.54) is 17.4 Å². The summed E-state index contributed by atoms with van der Waals surface area (Å²) < 4.78 is 10.7. The monoisotopic (exact) mass is 426 g/mol. The summed E-state index contributed by atoms with van der Waals surface area (Å²) in [6, 6.07) is 9.08. The minimum atomic E-state index is -0.579. The highest BCUT2D eigenvalue weighted by atomic mass is 32.1. The average molecular weight is 427 g/mol. The summed E-state index contributed by atoms with van der Waals surface area (Å²) in [6.45, 7) is 10.4. The van der Waals surface area contributed by atoms with E-state index in [0.29, 0.717) is 28.7 Å². The molecular weight excluding hydrogens is 400 g/mol. The maximum Gasteiger partial charge on any atom is 0.341 e. The zero-order chi connectivity index (χ0) is 22.3. The third kappa shape index (κ3) is 5.94. The van der Waals surface area contributed by atoms with Crippen LogP contribution in [0.1, 0.15) is 47.1 Å². The van der Waals surface area contributed by atoms with Gasteiger partial charge >= 0.3 is 5.97 Å². The van der Waals surface area contributed by atoms with Gasteiger partial charge in [-0.1, -0.05) is 26.0 Å². The van der Waals surface area contributed by atoms with E-state index in [1.54, 1.807) is 38.1 Å². The number of carbonyl (C=O) groups excluding carboxylic acids is 2. The molecule has 0 unspecified atom stereocenters. The van der Waals surface area contributed by atoms with Crippen LogP contribution >= 0.6 is 11.3 Å². The van der Waals surface area contributed by atoms with Crippen molar-refractivity contribution in [2.75, 3.05) is 18.5 Å². The van der Waals surface area contributed by atoms with Gasteiger partial charge in [0.1, 0.15) is 22.4 Å². The highest BCUT2D eigenvalue weighted by molar-refractivity contribution is 7.16. The second-order valence-corrected chi connectivity index (χ2v) is 8.33. The summed E-state index contributed by atoms with van der Waals surface area (Å²) in [5.41, 5.74) is 1.72. The maximum absolute atomic E-state index is 12.7. The van der Waals surface area contributed by atoms with Crippen LogP contribution in [0.25, 0.3) is 6.08 Å². The lowest BCUT2D eigenvalue weighted by atomic mass is 10.1. The van der Waals surface area contributed by atoms with E-state index in [2.05, 4.69) is 19.2 Å². The summed E-state index contributed by atoms with van der Waals surface area (Å²) in [6.07, 6.45) is 1.50. The van der Waals surface area contributed by atoms with Gasteiger partial charge in [-0.25, -0.2) is 4.79 Å². The largest absolute Gasteiger partial charge is 0.493 e. The number of esters is 1. The average Bonchev–Trinajstić information content (AvgIpc) is 2.98. The normalized spacial score (nSPS) is 11.2. The molecule has 1 N–H and O–H groups in total. The van der Waals surface area contributed by atoms with E-state index < -0.39 is 11.9 Å². The van der Waals surface area contributed by atoms with Crippen LogP contribution in [0.15, 0.2) is 29.8 Å². The first-order valence-electron chi connectivity index (χ1n) is 9.69. The third-order valence-electron chi connectivity index (χ3n) is 4.23.